The Hall–Kier alpha value is -2.20. The number of carbonyl (C=O) groups excluding carboxylic acids is 4. The monoisotopic (exact) mass is 640 g/mol. The molecule has 0 N–H and O–H groups in total. The van der Waals surface area contributed by atoms with E-state index in [9.17, 15) is 19.2 Å². The Balaban J connectivity index is 0.00000169. The number of hydrogen-bond donors (Lipinski definition) is 0. The van der Waals surface area contributed by atoms with Gasteiger partial charge in [-0.2, -0.15) is 0 Å². The van der Waals surface area contributed by atoms with Crippen molar-refractivity contribution in [3.8, 4) is 0 Å². The lowest BCUT2D eigenvalue weighted by molar-refractivity contribution is -0.170. The Labute approximate surface area is 270 Å². The van der Waals surface area contributed by atoms with Gasteiger partial charge in [0.05, 0.1) is 36.9 Å². The fourth-order valence-corrected chi connectivity index (χ4v) is 6.06. The molecule has 6 unspecified atom stereocenters. The maximum atomic E-state index is 13.3. The second kappa shape index (κ2) is 20.8. The van der Waals surface area contributed by atoms with E-state index >= 15 is 0 Å². The number of carbonyl (C=O) groups is 4. The van der Waals surface area contributed by atoms with Crippen molar-refractivity contribution in [3.63, 3.8) is 0 Å². The van der Waals surface area contributed by atoms with Crippen LogP contribution in [0, 0.1) is 29.1 Å². The van der Waals surface area contributed by atoms with Gasteiger partial charge >= 0.3 is 23.9 Å². The first kappa shape index (κ1) is 39.0. The molecule has 0 spiro atoms. The van der Waals surface area contributed by atoms with Crippen LogP contribution in [-0.4, -0.2) is 75.7 Å². The third-order valence-electron chi connectivity index (χ3n) is 9.22. The van der Waals surface area contributed by atoms with Crippen LogP contribution < -0.4 is 0 Å². The van der Waals surface area contributed by atoms with E-state index in [4.69, 9.17) is 28.4 Å². The molecule has 0 radical (unpaired) electrons. The standard InChI is InChI=1S/C31H48O10.2C2H6/c1-3-5-14-31(4-2,19-40-29(34)25-12-8-6-10-23(25)27(32)38-17-21-15-36-21)20-41-30(35)26-13-9-7-11-24(26)28(33)39-18-22-16-37-22;2*1-2/h21-26H,3-20H2,1-2H3;2*1-2H3. The minimum Gasteiger partial charge on any atom is -0.465 e. The molecule has 10 heteroatoms. The lowest BCUT2D eigenvalue weighted by Gasteiger charge is -2.35. The summed E-state index contributed by atoms with van der Waals surface area (Å²) >= 11 is 0. The first-order valence-corrected chi connectivity index (χ1v) is 17.8. The van der Waals surface area contributed by atoms with Gasteiger partial charge in [0.15, 0.2) is 0 Å². The number of ether oxygens (including phenoxy) is 6. The van der Waals surface area contributed by atoms with E-state index < -0.39 is 29.1 Å². The zero-order chi connectivity index (χ0) is 33.2. The van der Waals surface area contributed by atoms with Crippen molar-refractivity contribution >= 4 is 23.9 Å². The summed E-state index contributed by atoms with van der Waals surface area (Å²) in [6.45, 7) is 14.0. The van der Waals surface area contributed by atoms with E-state index in [1.807, 2.05) is 34.6 Å². The van der Waals surface area contributed by atoms with Crippen molar-refractivity contribution in [3.05, 3.63) is 0 Å². The highest BCUT2D eigenvalue weighted by molar-refractivity contribution is 5.83. The summed E-state index contributed by atoms with van der Waals surface area (Å²) in [4.78, 5) is 52.1. The second-order valence-corrected chi connectivity index (χ2v) is 12.3. The Kier molecular flexibility index (Phi) is 18.0. The first-order valence-electron chi connectivity index (χ1n) is 17.8. The summed E-state index contributed by atoms with van der Waals surface area (Å²) < 4.78 is 32.9. The summed E-state index contributed by atoms with van der Waals surface area (Å²) in [5, 5.41) is 0. The fourth-order valence-electron chi connectivity index (χ4n) is 6.06. The summed E-state index contributed by atoms with van der Waals surface area (Å²) in [6, 6.07) is 0. The molecule has 0 aromatic rings. The van der Waals surface area contributed by atoms with Gasteiger partial charge in [-0.05, 0) is 38.5 Å². The van der Waals surface area contributed by atoms with Crippen LogP contribution in [0.25, 0.3) is 0 Å². The number of rotatable bonds is 16. The molecule has 2 saturated carbocycles. The summed E-state index contributed by atoms with van der Waals surface area (Å²) in [5.41, 5.74) is -0.538. The third-order valence-corrected chi connectivity index (χ3v) is 9.22. The van der Waals surface area contributed by atoms with E-state index in [1.54, 1.807) is 0 Å². The summed E-state index contributed by atoms with van der Waals surface area (Å²) in [7, 11) is 0. The molecule has 4 aliphatic rings. The molecular weight excluding hydrogens is 580 g/mol. The molecule has 2 aliphatic carbocycles. The number of esters is 4. The van der Waals surface area contributed by atoms with Crippen LogP contribution in [0.1, 0.15) is 119 Å². The van der Waals surface area contributed by atoms with Gasteiger partial charge in [-0.25, -0.2) is 0 Å². The minimum absolute atomic E-state index is 0.0220. The number of epoxide rings is 2. The van der Waals surface area contributed by atoms with Gasteiger partial charge < -0.3 is 28.4 Å². The molecule has 0 amide bonds. The van der Waals surface area contributed by atoms with E-state index in [0.717, 1.165) is 44.9 Å². The van der Waals surface area contributed by atoms with Gasteiger partial charge in [0.25, 0.3) is 0 Å². The lowest BCUT2D eigenvalue weighted by atomic mass is 9.78. The minimum atomic E-state index is -0.538. The Bertz CT molecular complexity index is 833. The van der Waals surface area contributed by atoms with Gasteiger partial charge in [0, 0.05) is 5.41 Å². The van der Waals surface area contributed by atoms with Gasteiger partial charge in [-0.15, -0.1) is 0 Å². The van der Waals surface area contributed by atoms with E-state index in [2.05, 4.69) is 6.92 Å². The zero-order valence-corrected chi connectivity index (χ0v) is 28.8. The molecule has 2 saturated heterocycles. The maximum Gasteiger partial charge on any atom is 0.309 e. The largest absolute Gasteiger partial charge is 0.465 e. The van der Waals surface area contributed by atoms with E-state index in [1.165, 1.54) is 0 Å². The van der Waals surface area contributed by atoms with Gasteiger partial charge in [-0.1, -0.05) is 80.1 Å². The van der Waals surface area contributed by atoms with Crippen molar-refractivity contribution in [1.29, 1.82) is 0 Å². The fraction of sp³-hybridized carbons (Fsp3) is 0.886. The molecule has 0 bridgehead atoms. The molecule has 4 fully saturated rings. The van der Waals surface area contributed by atoms with E-state index in [-0.39, 0.29) is 62.5 Å². The van der Waals surface area contributed by atoms with Crippen LogP contribution in [0.2, 0.25) is 0 Å². The first-order chi connectivity index (χ1) is 21.9. The molecule has 6 atom stereocenters. The van der Waals surface area contributed by atoms with Gasteiger partial charge in [0.1, 0.15) is 38.6 Å². The van der Waals surface area contributed by atoms with Gasteiger partial charge in [0.2, 0.25) is 0 Å². The quantitative estimate of drug-likeness (QED) is 0.109. The van der Waals surface area contributed by atoms with E-state index in [0.29, 0.717) is 45.3 Å². The predicted molar refractivity (Wildman–Crippen MR) is 169 cm³/mol. The van der Waals surface area contributed by atoms with Crippen LogP contribution in [0.5, 0.6) is 0 Å². The van der Waals surface area contributed by atoms with Crippen LogP contribution >= 0.6 is 0 Å². The second-order valence-electron chi connectivity index (χ2n) is 12.3. The Morgan fingerprint density at radius 2 is 0.933 bits per heavy atom. The molecule has 260 valence electrons. The van der Waals surface area contributed by atoms with Crippen LogP contribution in [0.15, 0.2) is 0 Å². The highest BCUT2D eigenvalue weighted by atomic mass is 16.6. The molecule has 0 aromatic heterocycles. The normalized spacial score (nSPS) is 28.0. The third kappa shape index (κ3) is 12.8. The van der Waals surface area contributed by atoms with Crippen molar-refractivity contribution < 1.29 is 47.6 Å². The number of hydrogen-bond acceptors (Lipinski definition) is 10. The zero-order valence-electron chi connectivity index (χ0n) is 28.8. The molecule has 2 heterocycles. The molecule has 4 rings (SSSR count). The van der Waals surface area contributed by atoms with Crippen molar-refractivity contribution in [1.82, 2.24) is 0 Å². The smallest absolute Gasteiger partial charge is 0.309 e. The molecule has 2 aliphatic heterocycles. The SMILES string of the molecule is CC.CC.CCCCC(CC)(COC(=O)C1CCCCC1C(=O)OCC1CO1)COC(=O)C1CCCCC1C(=O)OCC1CO1. The van der Waals surface area contributed by atoms with Crippen molar-refractivity contribution in [2.45, 2.75) is 131 Å². The molecule has 45 heavy (non-hydrogen) atoms. The topological polar surface area (TPSA) is 130 Å². The van der Waals surface area contributed by atoms with Gasteiger partial charge in [-0.3, -0.25) is 19.2 Å². The highest BCUT2D eigenvalue weighted by Gasteiger charge is 2.42. The highest BCUT2D eigenvalue weighted by Crippen LogP contribution is 2.36. The average Bonchev–Trinajstić information content (AvgIpc) is 4.04. The number of unbranched alkanes of at least 4 members (excludes halogenated alkanes) is 1. The lowest BCUT2D eigenvalue weighted by Crippen LogP contribution is -2.40. The van der Waals surface area contributed by atoms with Crippen molar-refractivity contribution in [2.24, 2.45) is 29.1 Å². The van der Waals surface area contributed by atoms with Crippen molar-refractivity contribution in [2.75, 3.05) is 39.6 Å². The molecule has 0 aromatic carbocycles. The Morgan fingerprint density at radius 3 is 1.22 bits per heavy atom. The Morgan fingerprint density at radius 1 is 0.600 bits per heavy atom. The summed E-state index contributed by atoms with van der Waals surface area (Å²) in [6.07, 6.45) is 9.05. The average molecular weight is 641 g/mol. The molecule has 10 nitrogen and oxygen atoms in total. The van der Waals surface area contributed by atoms with Crippen LogP contribution in [0.3, 0.4) is 0 Å². The predicted octanol–water partition coefficient (Wildman–Crippen LogP) is 6.21. The summed E-state index contributed by atoms with van der Waals surface area (Å²) in [5.74, 6) is -3.55. The van der Waals surface area contributed by atoms with Crippen LogP contribution in [-0.2, 0) is 47.6 Å². The molecular formula is C35H60O10. The van der Waals surface area contributed by atoms with Crippen LogP contribution in [0.4, 0.5) is 0 Å². The maximum absolute atomic E-state index is 13.3.